The molecule has 0 aliphatic rings. The van der Waals surface area contributed by atoms with Gasteiger partial charge in [0.05, 0.1) is 18.7 Å². The zero-order valence-electron chi connectivity index (χ0n) is 10.9. The number of hydrogen-bond donors (Lipinski definition) is 1. The number of carboxylic acid groups (broad SMARTS) is 1. The predicted molar refractivity (Wildman–Crippen MR) is 77.4 cm³/mol. The van der Waals surface area contributed by atoms with Gasteiger partial charge in [0.2, 0.25) is 0 Å². The molecule has 0 atom stereocenters. The van der Waals surface area contributed by atoms with E-state index in [1.165, 1.54) is 0 Å². The molecule has 0 fully saturated rings. The first-order valence-corrected chi connectivity index (χ1v) is 6.28. The van der Waals surface area contributed by atoms with Crippen LogP contribution < -0.4 is 4.74 Å². The van der Waals surface area contributed by atoms with Crippen LogP contribution in [0, 0.1) is 0 Å². The fourth-order valence-corrected chi connectivity index (χ4v) is 1.59. The maximum atomic E-state index is 10.4. The summed E-state index contributed by atoms with van der Waals surface area (Å²) >= 11 is 0. The van der Waals surface area contributed by atoms with Crippen molar-refractivity contribution in [2.75, 3.05) is 6.61 Å². The van der Waals surface area contributed by atoms with Crippen molar-refractivity contribution in [1.82, 2.24) is 4.98 Å². The van der Waals surface area contributed by atoms with Gasteiger partial charge in [-0.25, -0.2) is 0 Å². The Hall–Kier alpha value is -2.62. The molecule has 4 nitrogen and oxygen atoms in total. The smallest absolute Gasteiger partial charge is 0.306 e. The van der Waals surface area contributed by atoms with Gasteiger partial charge in [0.15, 0.2) is 0 Å². The van der Waals surface area contributed by atoms with Crippen molar-refractivity contribution in [2.24, 2.45) is 0 Å². The second kappa shape index (κ2) is 7.09. The lowest BCUT2D eigenvalue weighted by atomic mass is 10.2. The maximum Gasteiger partial charge on any atom is 0.306 e. The van der Waals surface area contributed by atoms with Crippen LogP contribution >= 0.6 is 0 Å². The van der Waals surface area contributed by atoms with Crippen molar-refractivity contribution >= 4 is 18.1 Å². The summed E-state index contributed by atoms with van der Waals surface area (Å²) in [5, 5.41) is 8.52. The van der Waals surface area contributed by atoms with Gasteiger partial charge in [0.25, 0.3) is 0 Å². The summed E-state index contributed by atoms with van der Waals surface area (Å²) in [5.74, 6) is -0.193. The molecule has 0 spiro atoms. The molecule has 0 unspecified atom stereocenters. The predicted octanol–water partition coefficient (Wildman–Crippen LogP) is 3.11. The Labute approximate surface area is 117 Å². The van der Waals surface area contributed by atoms with E-state index in [4.69, 9.17) is 9.84 Å². The van der Waals surface area contributed by atoms with E-state index in [2.05, 4.69) is 4.98 Å². The molecule has 0 amide bonds. The van der Waals surface area contributed by atoms with Gasteiger partial charge in [-0.2, -0.15) is 0 Å². The monoisotopic (exact) mass is 269 g/mol. The highest BCUT2D eigenvalue weighted by molar-refractivity contribution is 5.68. The summed E-state index contributed by atoms with van der Waals surface area (Å²) in [7, 11) is 0. The van der Waals surface area contributed by atoms with Crippen LogP contribution in [0.2, 0.25) is 0 Å². The van der Waals surface area contributed by atoms with Crippen LogP contribution in [0.4, 0.5) is 0 Å². The molecule has 2 rings (SSSR count). The third-order valence-electron chi connectivity index (χ3n) is 2.60. The van der Waals surface area contributed by atoms with Crippen molar-refractivity contribution in [1.29, 1.82) is 0 Å². The highest BCUT2D eigenvalue weighted by Crippen LogP contribution is 2.14. The van der Waals surface area contributed by atoms with E-state index >= 15 is 0 Å². The molecule has 102 valence electrons. The molecule has 0 aliphatic heterocycles. The molecule has 0 radical (unpaired) electrons. The molecule has 1 N–H and O–H groups in total. The molecular formula is C16H15NO3. The first kappa shape index (κ1) is 13.8. The minimum Gasteiger partial charge on any atom is -0.493 e. The Balaban J connectivity index is 1.91. The fraction of sp³-hybridized carbons (Fsp3) is 0.125. The first-order chi connectivity index (χ1) is 9.74. The van der Waals surface area contributed by atoms with Crippen molar-refractivity contribution in [3.63, 3.8) is 0 Å². The second-order valence-corrected chi connectivity index (χ2v) is 4.15. The van der Waals surface area contributed by atoms with Gasteiger partial charge >= 0.3 is 5.97 Å². The number of ether oxygens (including phenoxy) is 1. The molecule has 20 heavy (non-hydrogen) atoms. The largest absolute Gasteiger partial charge is 0.493 e. The number of benzene rings is 1. The topological polar surface area (TPSA) is 59.4 Å². The Kier molecular flexibility index (Phi) is 4.89. The minimum atomic E-state index is -0.861. The number of pyridine rings is 1. The first-order valence-electron chi connectivity index (χ1n) is 6.28. The summed E-state index contributed by atoms with van der Waals surface area (Å²) in [6.45, 7) is 0.179. The van der Waals surface area contributed by atoms with Crippen molar-refractivity contribution in [2.45, 2.75) is 6.42 Å². The van der Waals surface area contributed by atoms with Crippen molar-refractivity contribution in [3.8, 4) is 5.75 Å². The highest BCUT2D eigenvalue weighted by Gasteiger charge is 1.98. The Morgan fingerprint density at radius 3 is 2.60 bits per heavy atom. The molecule has 4 heteroatoms. The van der Waals surface area contributed by atoms with Gasteiger partial charge in [-0.05, 0) is 35.9 Å². The molecule has 2 aromatic rings. The summed E-state index contributed by atoms with van der Waals surface area (Å²) < 4.78 is 5.32. The Morgan fingerprint density at radius 2 is 1.95 bits per heavy atom. The van der Waals surface area contributed by atoms with E-state index in [1.54, 1.807) is 6.20 Å². The average Bonchev–Trinajstić information content (AvgIpc) is 2.47. The van der Waals surface area contributed by atoms with Gasteiger partial charge in [0, 0.05) is 6.20 Å². The standard InChI is InChI=1S/C16H15NO3/c18-16(19)10-12-20-15-8-5-13(6-9-15)4-7-14-3-1-2-11-17-14/h1-9,11H,10,12H2,(H,18,19)/b7-4+. The molecule has 1 aromatic carbocycles. The molecule has 0 aliphatic carbocycles. The Morgan fingerprint density at radius 1 is 1.15 bits per heavy atom. The third kappa shape index (κ3) is 4.57. The molecule has 1 aromatic heterocycles. The molecule has 0 saturated carbocycles. The van der Waals surface area contributed by atoms with Crippen LogP contribution in [0.25, 0.3) is 12.2 Å². The molecule has 0 saturated heterocycles. The quantitative estimate of drug-likeness (QED) is 0.875. The molecule has 1 heterocycles. The van der Waals surface area contributed by atoms with Crippen LogP contribution in [0.1, 0.15) is 17.7 Å². The maximum absolute atomic E-state index is 10.4. The zero-order valence-corrected chi connectivity index (χ0v) is 10.9. The lowest BCUT2D eigenvalue weighted by Crippen LogP contribution is -2.04. The number of carbonyl (C=O) groups is 1. The summed E-state index contributed by atoms with van der Waals surface area (Å²) in [6.07, 6.45) is 5.64. The van der Waals surface area contributed by atoms with Crippen LogP contribution in [-0.4, -0.2) is 22.7 Å². The number of aliphatic carboxylic acids is 1. The number of nitrogens with zero attached hydrogens (tertiary/aromatic N) is 1. The van der Waals surface area contributed by atoms with Crippen LogP contribution in [-0.2, 0) is 4.79 Å². The van der Waals surface area contributed by atoms with Gasteiger partial charge < -0.3 is 9.84 Å². The van der Waals surface area contributed by atoms with E-state index in [1.807, 2.05) is 54.6 Å². The number of carboxylic acids is 1. The van der Waals surface area contributed by atoms with Crippen LogP contribution in [0.5, 0.6) is 5.75 Å². The average molecular weight is 269 g/mol. The van der Waals surface area contributed by atoms with E-state index in [9.17, 15) is 4.79 Å². The summed E-state index contributed by atoms with van der Waals surface area (Å²) in [5.41, 5.74) is 1.93. The zero-order chi connectivity index (χ0) is 14.2. The van der Waals surface area contributed by atoms with Gasteiger partial charge in [-0.3, -0.25) is 9.78 Å². The molecule has 0 bridgehead atoms. The lowest BCUT2D eigenvalue weighted by molar-refractivity contribution is -0.137. The van der Waals surface area contributed by atoms with Gasteiger partial charge in [0.1, 0.15) is 5.75 Å². The van der Waals surface area contributed by atoms with Crippen molar-refractivity contribution < 1.29 is 14.6 Å². The third-order valence-corrected chi connectivity index (χ3v) is 2.60. The lowest BCUT2D eigenvalue weighted by Gasteiger charge is -2.04. The van der Waals surface area contributed by atoms with Gasteiger partial charge in [-0.1, -0.05) is 24.3 Å². The van der Waals surface area contributed by atoms with E-state index in [0.29, 0.717) is 5.75 Å². The summed E-state index contributed by atoms with van der Waals surface area (Å²) in [6, 6.07) is 13.2. The van der Waals surface area contributed by atoms with Crippen molar-refractivity contribution in [3.05, 3.63) is 59.9 Å². The number of hydrogen-bond acceptors (Lipinski definition) is 3. The molecular weight excluding hydrogens is 254 g/mol. The SMILES string of the molecule is O=C(O)CCOc1ccc(/C=C/c2ccccn2)cc1. The number of aromatic nitrogens is 1. The Bertz CT molecular complexity index is 576. The van der Waals surface area contributed by atoms with E-state index in [0.717, 1.165) is 11.3 Å². The van der Waals surface area contributed by atoms with E-state index < -0.39 is 5.97 Å². The highest BCUT2D eigenvalue weighted by atomic mass is 16.5. The second-order valence-electron chi connectivity index (χ2n) is 4.15. The fourth-order valence-electron chi connectivity index (χ4n) is 1.59. The normalized spacial score (nSPS) is 10.6. The van der Waals surface area contributed by atoms with Gasteiger partial charge in [-0.15, -0.1) is 0 Å². The number of rotatable bonds is 6. The van der Waals surface area contributed by atoms with E-state index in [-0.39, 0.29) is 13.0 Å². The summed E-state index contributed by atoms with van der Waals surface area (Å²) in [4.78, 5) is 14.6. The van der Waals surface area contributed by atoms with Crippen LogP contribution in [0.3, 0.4) is 0 Å². The minimum absolute atomic E-state index is 0.00132. The van der Waals surface area contributed by atoms with Crippen LogP contribution in [0.15, 0.2) is 48.7 Å².